The summed E-state index contributed by atoms with van der Waals surface area (Å²) in [6.07, 6.45) is 0. The number of hydrogen-bond donors (Lipinski definition) is 1. The molecule has 2 N–H and O–H groups in total. The van der Waals surface area contributed by atoms with Crippen molar-refractivity contribution in [2.45, 2.75) is 6.04 Å². The Morgan fingerprint density at radius 3 is 2.61 bits per heavy atom. The first-order valence-electron chi connectivity index (χ1n) is 5.14. The molecule has 1 unspecified atom stereocenters. The van der Waals surface area contributed by atoms with Crippen LogP contribution in [-0.4, -0.2) is 23.9 Å². The molecular weight excluding hydrogens is 277 g/mol. The van der Waals surface area contributed by atoms with Crippen molar-refractivity contribution in [3.63, 3.8) is 0 Å². The minimum atomic E-state index is -0.453. The summed E-state index contributed by atoms with van der Waals surface area (Å²) in [7, 11) is 1.55. The molecule has 0 fully saturated rings. The van der Waals surface area contributed by atoms with E-state index in [2.05, 4.69) is 10.1 Å². The van der Waals surface area contributed by atoms with Crippen molar-refractivity contribution in [1.82, 2.24) is 10.1 Å². The lowest BCUT2D eigenvalue weighted by molar-refractivity contribution is 0.166. The lowest BCUT2D eigenvalue weighted by atomic mass is 10.2. The number of methoxy groups -OCH3 is 1. The van der Waals surface area contributed by atoms with Crippen molar-refractivity contribution in [3.8, 4) is 11.4 Å². The maximum atomic E-state index is 5.90. The third-order valence-electron chi connectivity index (χ3n) is 2.23. The van der Waals surface area contributed by atoms with Crippen LogP contribution in [0.15, 0.2) is 22.7 Å². The third kappa shape index (κ3) is 3.00. The maximum Gasteiger partial charge on any atom is 0.246 e. The highest BCUT2D eigenvalue weighted by atomic mass is 35.5. The zero-order valence-electron chi connectivity index (χ0n) is 9.56. The SMILES string of the molecule is COCC(N)c1nc(-c2cc(Cl)cc(Cl)c2)no1. The number of hydrogen-bond acceptors (Lipinski definition) is 5. The maximum absolute atomic E-state index is 5.90. The minimum Gasteiger partial charge on any atom is -0.383 e. The molecule has 0 saturated heterocycles. The van der Waals surface area contributed by atoms with Crippen LogP contribution in [0.4, 0.5) is 0 Å². The van der Waals surface area contributed by atoms with Gasteiger partial charge in [-0.15, -0.1) is 0 Å². The van der Waals surface area contributed by atoms with Crippen molar-refractivity contribution in [2.75, 3.05) is 13.7 Å². The van der Waals surface area contributed by atoms with E-state index in [1.54, 1.807) is 25.3 Å². The molecule has 1 heterocycles. The molecule has 2 rings (SSSR count). The Hall–Kier alpha value is -1.14. The topological polar surface area (TPSA) is 74.2 Å². The Labute approximate surface area is 114 Å². The molecule has 0 saturated carbocycles. The lowest BCUT2D eigenvalue weighted by Crippen LogP contribution is -2.16. The van der Waals surface area contributed by atoms with E-state index < -0.39 is 6.04 Å². The number of aromatic nitrogens is 2. The third-order valence-corrected chi connectivity index (χ3v) is 2.66. The van der Waals surface area contributed by atoms with E-state index in [0.29, 0.717) is 33.9 Å². The molecule has 96 valence electrons. The highest BCUT2D eigenvalue weighted by Gasteiger charge is 2.16. The summed E-state index contributed by atoms with van der Waals surface area (Å²) in [5, 5.41) is 4.84. The van der Waals surface area contributed by atoms with Gasteiger partial charge < -0.3 is 15.0 Å². The summed E-state index contributed by atoms with van der Waals surface area (Å²) in [4.78, 5) is 4.18. The lowest BCUT2D eigenvalue weighted by Gasteiger charge is -2.02. The Balaban J connectivity index is 2.29. The average molecular weight is 288 g/mol. The van der Waals surface area contributed by atoms with Crippen LogP contribution in [0.25, 0.3) is 11.4 Å². The molecular formula is C11H11Cl2N3O2. The molecule has 5 nitrogen and oxygen atoms in total. The van der Waals surface area contributed by atoms with Gasteiger partial charge in [-0.25, -0.2) is 0 Å². The molecule has 0 radical (unpaired) electrons. The summed E-state index contributed by atoms with van der Waals surface area (Å²) in [6, 6.07) is 4.57. The fourth-order valence-electron chi connectivity index (χ4n) is 1.44. The van der Waals surface area contributed by atoms with Gasteiger partial charge in [-0.3, -0.25) is 0 Å². The van der Waals surface area contributed by atoms with Gasteiger partial charge in [0.2, 0.25) is 11.7 Å². The second kappa shape index (κ2) is 5.67. The van der Waals surface area contributed by atoms with Gasteiger partial charge in [-0.2, -0.15) is 4.98 Å². The highest BCUT2D eigenvalue weighted by Crippen LogP contribution is 2.25. The normalized spacial score (nSPS) is 12.7. The van der Waals surface area contributed by atoms with Crippen LogP contribution in [0.2, 0.25) is 10.0 Å². The quantitative estimate of drug-likeness (QED) is 0.936. The standard InChI is InChI=1S/C11H11Cl2N3O2/c1-17-5-9(14)11-15-10(16-18-11)6-2-7(12)4-8(13)3-6/h2-4,9H,5,14H2,1H3. The van der Waals surface area contributed by atoms with Gasteiger partial charge in [-0.05, 0) is 18.2 Å². The minimum absolute atomic E-state index is 0.304. The van der Waals surface area contributed by atoms with E-state index in [1.807, 2.05) is 0 Å². The van der Waals surface area contributed by atoms with E-state index in [9.17, 15) is 0 Å². The Morgan fingerprint density at radius 1 is 1.33 bits per heavy atom. The van der Waals surface area contributed by atoms with Gasteiger partial charge >= 0.3 is 0 Å². The van der Waals surface area contributed by atoms with Crippen LogP contribution >= 0.6 is 23.2 Å². The second-order valence-electron chi connectivity index (χ2n) is 3.68. The van der Waals surface area contributed by atoms with Gasteiger partial charge in [0.05, 0.1) is 6.61 Å². The molecule has 2 aromatic rings. The fraction of sp³-hybridized carbons (Fsp3) is 0.273. The molecule has 18 heavy (non-hydrogen) atoms. The van der Waals surface area contributed by atoms with E-state index in [-0.39, 0.29) is 0 Å². The Morgan fingerprint density at radius 2 is 2.00 bits per heavy atom. The predicted molar refractivity (Wildman–Crippen MR) is 68.6 cm³/mol. The smallest absolute Gasteiger partial charge is 0.246 e. The zero-order valence-corrected chi connectivity index (χ0v) is 11.1. The van der Waals surface area contributed by atoms with Gasteiger partial charge in [0.15, 0.2) is 0 Å². The number of ether oxygens (including phenoxy) is 1. The summed E-state index contributed by atoms with van der Waals surface area (Å²) < 4.78 is 9.98. The molecule has 0 spiro atoms. The number of nitrogens with zero attached hydrogens (tertiary/aromatic N) is 2. The van der Waals surface area contributed by atoms with Crippen molar-refractivity contribution in [3.05, 3.63) is 34.1 Å². The van der Waals surface area contributed by atoms with Crippen LogP contribution in [-0.2, 0) is 4.74 Å². The van der Waals surface area contributed by atoms with Gasteiger partial charge in [0.25, 0.3) is 0 Å². The molecule has 1 atom stereocenters. The monoisotopic (exact) mass is 287 g/mol. The van der Waals surface area contributed by atoms with Crippen LogP contribution < -0.4 is 5.73 Å². The van der Waals surface area contributed by atoms with Crippen LogP contribution in [0.1, 0.15) is 11.9 Å². The molecule has 0 aliphatic carbocycles. The van der Waals surface area contributed by atoms with Crippen LogP contribution in [0.3, 0.4) is 0 Å². The van der Waals surface area contributed by atoms with Gasteiger partial charge in [-0.1, -0.05) is 28.4 Å². The molecule has 0 bridgehead atoms. The number of halogens is 2. The molecule has 1 aromatic carbocycles. The number of rotatable bonds is 4. The highest BCUT2D eigenvalue weighted by molar-refractivity contribution is 6.35. The Kier molecular flexibility index (Phi) is 4.19. The molecule has 7 heteroatoms. The van der Waals surface area contributed by atoms with Crippen LogP contribution in [0.5, 0.6) is 0 Å². The predicted octanol–water partition coefficient (Wildman–Crippen LogP) is 2.69. The first-order valence-corrected chi connectivity index (χ1v) is 5.90. The van der Waals surface area contributed by atoms with E-state index in [1.165, 1.54) is 0 Å². The number of nitrogens with two attached hydrogens (primary N) is 1. The first-order chi connectivity index (χ1) is 8.60. The van der Waals surface area contributed by atoms with Crippen molar-refractivity contribution < 1.29 is 9.26 Å². The van der Waals surface area contributed by atoms with Crippen molar-refractivity contribution in [2.24, 2.45) is 5.73 Å². The molecule has 1 aromatic heterocycles. The van der Waals surface area contributed by atoms with E-state index in [4.69, 9.17) is 38.2 Å². The van der Waals surface area contributed by atoms with E-state index in [0.717, 1.165) is 0 Å². The fourth-order valence-corrected chi connectivity index (χ4v) is 1.96. The molecule has 0 aliphatic heterocycles. The van der Waals surface area contributed by atoms with Crippen LogP contribution in [0, 0.1) is 0 Å². The largest absolute Gasteiger partial charge is 0.383 e. The zero-order chi connectivity index (χ0) is 13.1. The Bertz CT molecular complexity index is 525. The van der Waals surface area contributed by atoms with Gasteiger partial charge in [0.1, 0.15) is 6.04 Å². The average Bonchev–Trinajstić information content (AvgIpc) is 2.77. The van der Waals surface area contributed by atoms with E-state index >= 15 is 0 Å². The van der Waals surface area contributed by atoms with Gasteiger partial charge in [0, 0.05) is 22.7 Å². The van der Waals surface area contributed by atoms with Crippen molar-refractivity contribution >= 4 is 23.2 Å². The summed E-state index contributed by atoms with van der Waals surface area (Å²) >= 11 is 11.8. The molecule has 0 amide bonds. The molecule has 0 aliphatic rings. The first kappa shape index (κ1) is 13.3. The summed E-state index contributed by atoms with van der Waals surface area (Å²) in [6.45, 7) is 0.304. The summed E-state index contributed by atoms with van der Waals surface area (Å²) in [5.41, 5.74) is 6.46. The van der Waals surface area contributed by atoms with Crippen molar-refractivity contribution in [1.29, 1.82) is 0 Å². The number of benzene rings is 1. The summed E-state index contributed by atoms with van der Waals surface area (Å²) in [5.74, 6) is 0.698. The second-order valence-corrected chi connectivity index (χ2v) is 4.55.